The summed E-state index contributed by atoms with van der Waals surface area (Å²) in [6.07, 6.45) is 0. The van der Waals surface area contributed by atoms with E-state index in [-0.39, 0.29) is 16.7 Å². The zero-order valence-electron chi connectivity index (χ0n) is 11.9. The molecule has 0 radical (unpaired) electrons. The van der Waals surface area contributed by atoms with Crippen LogP contribution in [-0.4, -0.2) is 32.7 Å². The molecular formula is C13H20N2O3S. The van der Waals surface area contributed by atoms with Crippen molar-refractivity contribution in [2.24, 2.45) is 5.92 Å². The van der Waals surface area contributed by atoms with E-state index in [2.05, 4.69) is 5.32 Å². The van der Waals surface area contributed by atoms with Gasteiger partial charge in [0.15, 0.2) is 0 Å². The second-order valence-corrected chi connectivity index (χ2v) is 7.06. The molecule has 0 aliphatic heterocycles. The quantitative estimate of drug-likeness (QED) is 0.917. The molecule has 0 saturated heterocycles. The van der Waals surface area contributed by atoms with Crippen LogP contribution < -0.4 is 5.32 Å². The van der Waals surface area contributed by atoms with Crippen molar-refractivity contribution in [3.05, 3.63) is 23.8 Å². The van der Waals surface area contributed by atoms with E-state index >= 15 is 0 Å². The van der Waals surface area contributed by atoms with E-state index < -0.39 is 10.0 Å². The molecule has 1 rings (SSSR count). The van der Waals surface area contributed by atoms with E-state index in [0.29, 0.717) is 5.69 Å². The third-order valence-corrected chi connectivity index (χ3v) is 4.58. The van der Waals surface area contributed by atoms with Crippen molar-refractivity contribution in [1.29, 1.82) is 0 Å². The van der Waals surface area contributed by atoms with Crippen LogP contribution in [0.5, 0.6) is 0 Å². The first-order valence-electron chi connectivity index (χ1n) is 6.00. The third kappa shape index (κ3) is 3.54. The second kappa shape index (κ2) is 5.71. The number of hydrogen-bond donors (Lipinski definition) is 1. The molecule has 0 unspecified atom stereocenters. The van der Waals surface area contributed by atoms with Crippen molar-refractivity contribution < 1.29 is 13.2 Å². The topological polar surface area (TPSA) is 66.5 Å². The Kier molecular flexibility index (Phi) is 4.70. The molecule has 1 amide bonds. The molecule has 0 atom stereocenters. The van der Waals surface area contributed by atoms with Crippen LogP contribution in [0, 0.1) is 12.8 Å². The molecule has 19 heavy (non-hydrogen) atoms. The van der Waals surface area contributed by atoms with Crippen molar-refractivity contribution >= 4 is 21.6 Å². The summed E-state index contributed by atoms with van der Waals surface area (Å²) in [5, 5.41) is 2.74. The summed E-state index contributed by atoms with van der Waals surface area (Å²) in [5.41, 5.74) is 1.35. The van der Waals surface area contributed by atoms with Gasteiger partial charge in [-0.25, -0.2) is 12.7 Å². The van der Waals surface area contributed by atoms with Crippen molar-refractivity contribution in [1.82, 2.24) is 4.31 Å². The Morgan fingerprint density at radius 1 is 1.26 bits per heavy atom. The highest BCUT2D eigenvalue weighted by Gasteiger charge is 2.19. The monoisotopic (exact) mass is 284 g/mol. The smallest absolute Gasteiger partial charge is 0.242 e. The molecule has 1 aromatic carbocycles. The second-order valence-electron chi connectivity index (χ2n) is 4.91. The third-order valence-electron chi connectivity index (χ3n) is 2.77. The maximum Gasteiger partial charge on any atom is 0.242 e. The van der Waals surface area contributed by atoms with Gasteiger partial charge in [-0.2, -0.15) is 0 Å². The number of carbonyl (C=O) groups is 1. The summed E-state index contributed by atoms with van der Waals surface area (Å²) < 4.78 is 25.2. The molecular weight excluding hydrogens is 264 g/mol. The molecule has 0 heterocycles. The van der Waals surface area contributed by atoms with Gasteiger partial charge in [-0.05, 0) is 24.6 Å². The largest absolute Gasteiger partial charge is 0.326 e. The Morgan fingerprint density at radius 2 is 1.84 bits per heavy atom. The fourth-order valence-electron chi connectivity index (χ4n) is 1.38. The Hall–Kier alpha value is -1.40. The van der Waals surface area contributed by atoms with E-state index in [1.165, 1.54) is 26.2 Å². The lowest BCUT2D eigenvalue weighted by Gasteiger charge is -2.15. The van der Waals surface area contributed by atoms with Crippen LogP contribution in [0.2, 0.25) is 0 Å². The summed E-state index contributed by atoms with van der Waals surface area (Å²) in [6.45, 7) is 5.39. The first kappa shape index (κ1) is 15.7. The minimum absolute atomic E-state index is 0.137. The van der Waals surface area contributed by atoms with Gasteiger partial charge in [-0.1, -0.05) is 19.9 Å². The lowest BCUT2D eigenvalue weighted by Crippen LogP contribution is -2.23. The number of nitrogens with zero attached hydrogens (tertiary/aromatic N) is 1. The van der Waals surface area contributed by atoms with E-state index in [9.17, 15) is 13.2 Å². The van der Waals surface area contributed by atoms with E-state index in [1.807, 2.05) is 6.92 Å². The molecule has 1 N–H and O–H groups in total. The Morgan fingerprint density at radius 3 is 2.32 bits per heavy atom. The number of rotatable bonds is 4. The minimum Gasteiger partial charge on any atom is -0.326 e. The zero-order chi connectivity index (χ0) is 14.8. The number of amides is 1. The van der Waals surface area contributed by atoms with Crippen LogP contribution in [0.4, 0.5) is 5.69 Å². The number of hydrogen-bond acceptors (Lipinski definition) is 3. The lowest BCUT2D eigenvalue weighted by molar-refractivity contribution is -0.118. The number of aryl methyl sites for hydroxylation is 1. The Bertz CT molecular complexity index is 578. The highest BCUT2D eigenvalue weighted by atomic mass is 32.2. The SMILES string of the molecule is Cc1ccc(S(=O)(=O)N(C)C)cc1NC(=O)C(C)C. The molecule has 0 fully saturated rings. The zero-order valence-corrected chi connectivity index (χ0v) is 12.7. The van der Waals surface area contributed by atoms with E-state index in [1.54, 1.807) is 19.9 Å². The fourth-order valence-corrected chi connectivity index (χ4v) is 2.31. The molecule has 0 aliphatic carbocycles. The molecule has 0 bridgehead atoms. The predicted molar refractivity (Wildman–Crippen MR) is 75.5 cm³/mol. The van der Waals surface area contributed by atoms with Crippen molar-refractivity contribution in [3.63, 3.8) is 0 Å². The molecule has 0 spiro atoms. The molecule has 106 valence electrons. The van der Waals surface area contributed by atoms with Gasteiger partial charge >= 0.3 is 0 Å². The molecule has 6 heteroatoms. The van der Waals surface area contributed by atoms with Gasteiger partial charge in [-0.15, -0.1) is 0 Å². The lowest BCUT2D eigenvalue weighted by atomic mass is 10.1. The van der Waals surface area contributed by atoms with Crippen LogP contribution in [0.1, 0.15) is 19.4 Å². The van der Waals surface area contributed by atoms with E-state index in [0.717, 1.165) is 9.87 Å². The van der Waals surface area contributed by atoms with Gasteiger partial charge < -0.3 is 5.32 Å². The summed E-state index contributed by atoms with van der Waals surface area (Å²) in [7, 11) is -0.543. The van der Waals surface area contributed by atoms with E-state index in [4.69, 9.17) is 0 Å². The van der Waals surface area contributed by atoms with Gasteiger partial charge in [0.1, 0.15) is 0 Å². The Balaban J connectivity index is 3.19. The number of anilines is 1. The standard InChI is InChI=1S/C13H20N2O3S/c1-9(2)13(16)14-12-8-11(7-6-10(12)3)19(17,18)15(4)5/h6-9H,1-5H3,(H,14,16). The fraction of sp³-hybridized carbons (Fsp3) is 0.462. The van der Waals surface area contributed by atoms with Gasteiger partial charge in [0.2, 0.25) is 15.9 Å². The summed E-state index contributed by atoms with van der Waals surface area (Å²) in [6, 6.07) is 4.72. The van der Waals surface area contributed by atoms with Gasteiger partial charge in [-0.3, -0.25) is 4.79 Å². The molecule has 1 aromatic rings. The predicted octanol–water partition coefficient (Wildman–Crippen LogP) is 1.84. The number of nitrogens with one attached hydrogen (secondary N) is 1. The maximum absolute atomic E-state index is 12.0. The van der Waals surface area contributed by atoms with Gasteiger partial charge in [0.05, 0.1) is 4.90 Å². The number of carbonyl (C=O) groups excluding carboxylic acids is 1. The molecule has 0 aromatic heterocycles. The highest BCUT2D eigenvalue weighted by molar-refractivity contribution is 7.89. The molecule has 0 aliphatic rings. The van der Waals surface area contributed by atoms with Crippen molar-refractivity contribution in [2.75, 3.05) is 19.4 Å². The van der Waals surface area contributed by atoms with Crippen LogP contribution in [-0.2, 0) is 14.8 Å². The summed E-state index contributed by atoms with van der Waals surface area (Å²) in [4.78, 5) is 11.9. The van der Waals surface area contributed by atoms with Crippen molar-refractivity contribution in [3.8, 4) is 0 Å². The van der Waals surface area contributed by atoms with Gasteiger partial charge in [0.25, 0.3) is 0 Å². The molecule has 5 nitrogen and oxygen atoms in total. The van der Waals surface area contributed by atoms with Crippen LogP contribution in [0.15, 0.2) is 23.1 Å². The van der Waals surface area contributed by atoms with Crippen LogP contribution in [0.25, 0.3) is 0 Å². The highest BCUT2D eigenvalue weighted by Crippen LogP contribution is 2.22. The van der Waals surface area contributed by atoms with Gasteiger partial charge in [0, 0.05) is 25.7 Å². The van der Waals surface area contributed by atoms with Crippen LogP contribution in [0.3, 0.4) is 0 Å². The normalized spacial score (nSPS) is 11.9. The summed E-state index contributed by atoms with van der Waals surface area (Å²) >= 11 is 0. The average Bonchev–Trinajstić information content (AvgIpc) is 2.31. The number of benzene rings is 1. The molecule has 0 saturated carbocycles. The first-order valence-corrected chi connectivity index (χ1v) is 7.44. The average molecular weight is 284 g/mol. The maximum atomic E-state index is 12.0. The van der Waals surface area contributed by atoms with Crippen LogP contribution >= 0.6 is 0 Å². The first-order chi connectivity index (χ1) is 8.66. The minimum atomic E-state index is -3.49. The number of sulfonamides is 1. The van der Waals surface area contributed by atoms with Crippen molar-refractivity contribution in [2.45, 2.75) is 25.7 Å². The summed E-state index contributed by atoms with van der Waals surface area (Å²) in [5.74, 6) is -0.295. The Labute approximate surface area is 114 Å².